The molecule has 2 atom stereocenters. The summed E-state index contributed by atoms with van der Waals surface area (Å²) in [6.45, 7) is 7.25. The molecule has 2 unspecified atom stereocenters. The van der Waals surface area contributed by atoms with Crippen LogP contribution in [-0.2, 0) is 0 Å². The van der Waals surface area contributed by atoms with Crippen LogP contribution >= 0.6 is 23.2 Å². The van der Waals surface area contributed by atoms with E-state index in [9.17, 15) is 5.11 Å². The molecule has 2 N–H and O–H groups in total. The van der Waals surface area contributed by atoms with Gasteiger partial charge in [0, 0.05) is 41.6 Å². The molecule has 2 aliphatic rings. The number of piperidine rings is 1. The van der Waals surface area contributed by atoms with Crippen LogP contribution in [0.3, 0.4) is 0 Å². The second-order valence-electron chi connectivity index (χ2n) is 9.51. The van der Waals surface area contributed by atoms with E-state index in [0.29, 0.717) is 21.9 Å². The maximum absolute atomic E-state index is 9.29. The lowest BCUT2D eigenvalue weighted by Gasteiger charge is -2.46. The lowest BCUT2D eigenvalue weighted by atomic mass is 9.81. The number of fused-ring (bicyclic) bond motifs is 1. The summed E-state index contributed by atoms with van der Waals surface area (Å²) in [6.07, 6.45) is 2.48. The first-order valence-corrected chi connectivity index (χ1v) is 12.8. The number of anilines is 2. The van der Waals surface area contributed by atoms with E-state index in [-0.39, 0.29) is 12.6 Å². The number of β-amino-alcohol motifs (C(OH)–C–C–N with tert-alkyl or cyclic N) is 1. The van der Waals surface area contributed by atoms with Gasteiger partial charge in [-0.05, 0) is 68.0 Å². The minimum Gasteiger partial charge on any atom is -0.395 e. The summed E-state index contributed by atoms with van der Waals surface area (Å²) in [5.41, 5.74) is 1.91. The van der Waals surface area contributed by atoms with E-state index in [2.05, 4.69) is 22.0 Å². The molecule has 0 saturated carbocycles. The largest absolute Gasteiger partial charge is 0.395 e. The van der Waals surface area contributed by atoms with Crippen LogP contribution in [0.2, 0.25) is 10.0 Å². The molecule has 1 aromatic heterocycles. The number of halogens is 2. The molecule has 180 valence electrons. The molecule has 2 fully saturated rings. The van der Waals surface area contributed by atoms with Gasteiger partial charge in [-0.3, -0.25) is 0 Å². The van der Waals surface area contributed by atoms with Gasteiger partial charge in [0.1, 0.15) is 5.82 Å². The molecule has 0 aliphatic carbocycles. The number of nitrogens with zero attached hydrogens (tertiary/aromatic N) is 4. The molecule has 34 heavy (non-hydrogen) atoms. The minimum atomic E-state index is -0.0418. The smallest absolute Gasteiger partial charge is 0.227 e. The maximum Gasteiger partial charge on any atom is 0.227 e. The molecule has 2 saturated heterocycles. The van der Waals surface area contributed by atoms with Gasteiger partial charge >= 0.3 is 0 Å². The zero-order chi connectivity index (χ0) is 23.7. The van der Waals surface area contributed by atoms with Crippen molar-refractivity contribution in [1.82, 2.24) is 14.9 Å². The summed E-state index contributed by atoms with van der Waals surface area (Å²) in [5.74, 6) is 2.92. The van der Waals surface area contributed by atoms with E-state index in [0.717, 1.165) is 61.0 Å². The topological polar surface area (TPSA) is 64.5 Å². The molecule has 0 bridgehead atoms. The zero-order valence-electron chi connectivity index (χ0n) is 19.4. The molecule has 6 nitrogen and oxygen atoms in total. The van der Waals surface area contributed by atoms with Gasteiger partial charge in [0.05, 0.1) is 18.2 Å². The second kappa shape index (κ2) is 10.2. The first-order valence-electron chi connectivity index (χ1n) is 12.1. The molecule has 8 heteroatoms. The van der Waals surface area contributed by atoms with Gasteiger partial charge in [-0.2, -0.15) is 4.98 Å². The molecule has 0 spiro atoms. The molecule has 2 aromatic carbocycles. The molecule has 3 aromatic rings. The summed E-state index contributed by atoms with van der Waals surface area (Å²) in [5, 5.41) is 15.1. The van der Waals surface area contributed by atoms with Crippen molar-refractivity contribution in [2.75, 3.05) is 49.5 Å². The number of nitrogens with one attached hydrogen (secondary N) is 1. The van der Waals surface area contributed by atoms with Crippen molar-refractivity contribution in [2.24, 2.45) is 11.8 Å². The second-order valence-corrected chi connectivity index (χ2v) is 10.4. The quantitative estimate of drug-likeness (QED) is 0.462. The number of rotatable bonds is 7. The molecular formula is C26H31Cl2N5O. The standard InChI is InChI=1S/C26H31Cl2N5O/c1-17(21-9-8-20(27)13-23(21)28)29-25-22-6-2-3-7-24(22)30-26(31-25)33-15-19(16-33)18-5-4-10-32(14-18)11-12-34/h2-3,6-9,13,17-19,34H,4-5,10-12,14-16H2,1H3,(H,29,30,31). The predicted octanol–water partition coefficient (Wildman–Crippen LogP) is 5.25. The van der Waals surface area contributed by atoms with Gasteiger partial charge in [0.2, 0.25) is 5.95 Å². The number of hydrogen-bond donors (Lipinski definition) is 2. The molecule has 3 heterocycles. The number of hydrogen-bond acceptors (Lipinski definition) is 6. The molecule has 5 rings (SSSR count). The van der Waals surface area contributed by atoms with Crippen molar-refractivity contribution in [3.8, 4) is 0 Å². The van der Waals surface area contributed by atoms with E-state index >= 15 is 0 Å². The fraction of sp³-hybridized carbons (Fsp3) is 0.462. The lowest BCUT2D eigenvalue weighted by Crippen LogP contribution is -2.54. The number of para-hydroxylation sites is 1. The van der Waals surface area contributed by atoms with Gasteiger partial charge in [0.25, 0.3) is 0 Å². The zero-order valence-corrected chi connectivity index (χ0v) is 20.9. The Morgan fingerprint density at radius 1 is 1.09 bits per heavy atom. The summed E-state index contributed by atoms with van der Waals surface area (Å²) in [7, 11) is 0. The molecule has 2 aliphatic heterocycles. The Morgan fingerprint density at radius 2 is 1.91 bits per heavy atom. The van der Waals surface area contributed by atoms with E-state index in [4.69, 9.17) is 33.2 Å². The first-order chi connectivity index (χ1) is 16.5. The van der Waals surface area contributed by atoms with Crippen molar-refractivity contribution in [2.45, 2.75) is 25.8 Å². The summed E-state index contributed by atoms with van der Waals surface area (Å²) in [4.78, 5) is 14.5. The average Bonchev–Trinajstić information content (AvgIpc) is 2.78. The highest BCUT2D eigenvalue weighted by Crippen LogP contribution is 2.35. The number of aliphatic hydroxyl groups is 1. The van der Waals surface area contributed by atoms with Crippen LogP contribution < -0.4 is 10.2 Å². The van der Waals surface area contributed by atoms with Gasteiger partial charge < -0.3 is 20.2 Å². The van der Waals surface area contributed by atoms with Crippen molar-refractivity contribution >= 4 is 45.9 Å². The molecular weight excluding hydrogens is 469 g/mol. The van der Waals surface area contributed by atoms with Crippen molar-refractivity contribution in [3.63, 3.8) is 0 Å². The van der Waals surface area contributed by atoms with Crippen LogP contribution in [0.15, 0.2) is 42.5 Å². The SMILES string of the molecule is CC(Nc1nc(N2CC(C3CCCN(CCO)C3)C2)nc2ccccc12)c1ccc(Cl)cc1Cl. The Labute approximate surface area is 210 Å². The third-order valence-electron chi connectivity index (χ3n) is 7.19. The number of benzene rings is 2. The number of aromatic nitrogens is 2. The van der Waals surface area contributed by atoms with Gasteiger partial charge in [-0.25, -0.2) is 4.98 Å². The highest BCUT2D eigenvalue weighted by Gasteiger charge is 2.37. The molecule has 0 amide bonds. The number of aliphatic hydroxyl groups excluding tert-OH is 1. The van der Waals surface area contributed by atoms with Crippen molar-refractivity contribution in [1.29, 1.82) is 0 Å². The third-order valence-corrected chi connectivity index (χ3v) is 7.75. The van der Waals surface area contributed by atoms with Crippen LogP contribution in [0.1, 0.15) is 31.4 Å². The van der Waals surface area contributed by atoms with Crippen molar-refractivity contribution in [3.05, 3.63) is 58.1 Å². The normalized spacial score (nSPS) is 20.4. The third kappa shape index (κ3) is 4.96. The Balaban J connectivity index is 1.33. The molecule has 0 radical (unpaired) electrons. The first kappa shape index (κ1) is 23.6. The van der Waals surface area contributed by atoms with E-state index in [1.165, 1.54) is 12.8 Å². The fourth-order valence-corrected chi connectivity index (χ4v) is 5.82. The fourth-order valence-electron chi connectivity index (χ4n) is 5.25. The minimum absolute atomic E-state index is 0.0418. The van der Waals surface area contributed by atoms with Crippen LogP contribution in [0, 0.1) is 11.8 Å². The van der Waals surface area contributed by atoms with Gasteiger partial charge in [-0.15, -0.1) is 0 Å². The number of likely N-dealkylation sites (tertiary alicyclic amines) is 1. The lowest BCUT2D eigenvalue weighted by molar-refractivity contribution is 0.101. The highest BCUT2D eigenvalue weighted by molar-refractivity contribution is 6.35. The Bertz CT molecular complexity index is 1150. The van der Waals surface area contributed by atoms with Crippen LogP contribution in [0.25, 0.3) is 10.9 Å². The Kier molecular flexibility index (Phi) is 7.11. The predicted molar refractivity (Wildman–Crippen MR) is 140 cm³/mol. The summed E-state index contributed by atoms with van der Waals surface area (Å²) >= 11 is 12.5. The maximum atomic E-state index is 9.29. The Hall–Kier alpha value is -2.12. The van der Waals surface area contributed by atoms with Gasteiger partial charge in [-0.1, -0.05) is 41.4 Å². The summed E-state index contributed by atoms with van der Waals surface area (Å²) < 4.78 is 0. The van der Waals surface area contributed by atoms with Crippen LogP contribution in [0.4, 0.5) is 11.8 Å². The van der Waals surface area contributed by atoms with Crippen LogP contribution in [-0.4, -0.2) is 59.3 Å². The van der Waals surface area contributed by atoms with Crippen molar-refractivity contribution < 1.29 is 5.11 Å². The van der Waals surface area contributed by atoms with E-state index < -0.39 is 0 Å². The summed E-state index contributed by atoms with van der Waals surface area (Å²) in [6, 6.07) is 13.7. The monoisotopic (exact) mass is 499 g/mol. The van der Waals surface area contributed by atoms with Crippen LogP contribution in [0.5, 0.6) is 0 Å². The van der Waals surface area contributed by atoms with Gasteiger partial charge in [0.15, 0.2) is 0 Å². The van der Waals surface area contributed by atoms with E-state index in [1.807, 2.05) is 36.4 Å². The Morgan fingerprint density at radius 3 is 2.71 bits per heavy atom. The average molecular weight is 500 g/mol. The highest BCUT2D eigenvalue weighted by atomic mass is 35.5. The van der Waals surface area contributed by atoms with E-state index in [1.54, 1.807) is 6.07 Å².